The van der Waals surface area contributed by atoms with E-state index in [1.165, 1.54) is 21.6 Å². The van der Waals surface area contributed by atoms with Gasteiger partial charge in [0.2, 0.25) is 0 Å². The Morgan fingerprint density at radius 2 is 2.16 bits per heavy atom. The minimum absolute atomic E-state index is 0.121. The zero-order valence-corrected chi connectivity index (χ0v) is 12.1. The predicted octanol–water partition coefficient (Wildman–Crippen LogP) is 3.74. The highest BCUT2D eigenvalue weighted by molar-refractivity contribution is 7.17. The Kier molecular flexibility index (Phi) is 3.40. The first-order valence-electron chi connectivity index (χ1n) is 6.09. The predicted molar refractivity (Wildman–Crippen MR) is 79.1 cm³/mol. The van der Waals surface area contributed by atoms with Crippen molar-refractivity contribution in [3.05, 3.63) is 45.8 Å². The van der Waals surface area contributed by atoms with Crippen molar-refractivity contribution in [2.75, 3.05) is 0 Å². The van der Waals surface area contributed by atoms with Gasteiger partial charge in [0.15, 0.2) is 5.78 Å². The van der Waals surface area contributed by atoms with E-state index >= 15 is 0 Å². The van der Waals surface area contributed by atoms with Crippen molar-refractivity contribution in [2.45, 2.75) is 19.8 Å². The van der Waals surface area contributed by atoms with Gasteiger partial charge in [0.05, 0.1) is 5.69 Å². The zero-order valence-electron chi connectivity index (χ0n) is 10.4. The Morgan fingerprint density at radius 1 is 1.32 bits per heavy atom. The van der Waals surface area contributed by atoms with E-state index < -0.39 is 0 Å². The van der Waals surface area contributed by atoms with Crippen LogP contribution in [0.5, 0.6) is 0 Å². The van der Waals surface area contributed by atoms with E-state index in [1.54, 1.807) is 11.3 Å². The lowest BCUT2D eigenvalue weighted by Gasteiger charge is -1.99. The maximum atomic E-state index is 12.3. The molecule has 0 saturated heterocycles. The van der Waals surface area contributed by atoms with Gasteiger partial charge in [-0.15, -0.1) is 16.4 Å². The lowest BCUT2D eigenvalue weighted by Crippen LogP contribution is -2.04. The molecule has 0 spiro atoms. The molecule has 0 saturated carbocycles. The number of nitrogens with zero attached hydrogens (tertiary/aromatic N) is 2. The van der Waals surface area contributed by atoms with Crippen molar-refractivity contribution in [3.8, 4) is 0 Å². The topological polar surface area (TPSA) is 42.9 Å². The van der Waals surface area contributed by atoms with Crippen LogP contribution in [-0.4, -0.2) is 15.4 Å². The third-order valence-corrected chi connectivity index (χ3v) is 4.88. The summed E-state index contributed by atoms with van der Waals surface area (Å²) in [5, 5.41) is 7.25. The largest absolute Gasteiger partial charge is 0.293 e. The van der Waals surface area contributed by atoms with Crippen LogP contribution in [0.15, 0.2) is 29.6 Å². The number of hydrogen-bond acceptors (Lipinski definition) is 5. The number of Topliss-reactive ketones (excluding diaryl/α,β-unsaturated/α-hetero) is 1. The molecule has 96 valence electrons. The number of carbonyl (C=O) groups excluding carboxylic acids is 1. The van der Waals surface area contributed by atoms with Crippen LogP contribution in [0, 0.1) is 0 Å². The number of rotatable bonds is 4. The summed E-state index contributed by atoms with van der Waals surface area (Å²) in [5.74, 6) is 0.121. The highest BCUT2D eigenvalue weighted by Crippen LogP contribution is 2.27. The quantitative estimate of drug-likeness (QED) is 0.687. The molecule has 3 rings (SSSR count). The van der Waals surface area contributed by atoms with E-state index in [2.05, 4.69) is 27.1 Å². The molecule has 5 heteroatoms. The fourth-order valence-corrected chi connectivity index (χ4v) is 3.72. The van der Waals surface area contributed by atoms with Gasteiger partial charge in [0.25, 0.3) is 0 Å². The molecule has 3 aromatic rings. The van der Waals surface area contributed by atoms with Crippen molar-refractivity contribution in [2.24, 2.45) is 0 Å². The fraction of sp³-hybridized carbons (Fsp3) is 0.214. The Labute approximate surface area is 119 Å². The summed E-state index contributed by atoms with van der Waals surface area (Å²) in [4.78, 5) is 13.0. The summed E-state index contributed by atoms with van der Waals surface area (Å²) < 4.78 is 5.10. The average Bonchev–Trinajstić information content (AvgIpc) is 3.05. The van der Waals surface area contributed by atoms with Gasteiger partial charge in [-0.1, -0.05) is 29.6 Å². The SMILES string of the molecule is CCc1nnsc1C(=O)Cc1csc2ccccc12. The zero-order chi connectivity index (χ0) is 13.2. The number of benzene rings is 1. The van der Waals surface area contributed by atoms with Crippen LogP contribution in [0.1, 0.15) is 27.9 Å². The van der Waals surface area contributed by atoms with Crippen LogP contribution < -0.4 is 0 Å². The van der Waals surface area contributed by atoms with E-state index in [0.29, 0.717) is 11.3 Å². The normalized spacial score (nSPS) is 11.0. The van der Waals surface area contributed by atoms with E-state index in [-0.39, 0.29) is 5.78 Å². The molecule has 0 N–H and O–H groups in total. The number of thiophene rings is 1. The number of fused-ring (bicyclic) bond motifs is 1. The number of ketones is 1. The maximum absolute atomic E-state index is 12.3. The summed E-state index contributed by atoms with van der Waals surface area (Å²) in [7, 11) is 0. The summed E-state index contributed by atoms with van der Waals surface area (Å²) in [6.07, 6.45) is 1.18. The molecule has 19 heavy (non-hydrogen) atoms. The van der Waals surface area contributed by atoms with Gasteiger partial charge in [-0.2, -0.15) is 0 Å². The van der Waals surface area contributed by atoms with Gasteiger partial charge < -0.3 is 0 Å². The van der Waals surface area contributed by atoms with Crippen LogP contribution in [0.3, 0.4) is 0 Å². The molecule has 0 aliphatic carbocycles. The molecule has 0 radical (unpaired) electrons. The first kappa shape index (κ1) is 12.4. The molecule has 0 amide bonds. The fourth-order valence-electron chi connectivity index (χ4n) is 2.07. The average molecular weight is 288 g/mol. The third kappa shape index (κ3) is 2.31. The Balaban J connectivity index is 1.91. The van der Waals surface area contributed by atoms with Crippen molar-refractivity contribution >= 4 is 38.7 Å². The Morgan fingerprint density at radius 3 is 3.00 bits per heavy atom. The van der Waals surface area contributed by atoms with Crippen molar-refractivity contribution in [1.82, 2.24) is 9.59 Å². The number of aromatic nitrogens is 2. The van der Waals surface area contributed by atoms with Crippen LogP contribution in [0.4, 0.5) is 0 Å². The molecule has 0 aliphatic heterocycles. The van der Waals surface area contributed by atoms with Crippen LogP contribution >= 0.6 is 22.9 Å². The summed E-state index contributed by atoms with van der Waals surface area (Å²) in [6, 6.07) is 8.18. The minimum atomic E-state index is 0.121. The maximum Gasteiger partial charge on any atom is 0.180 e. The van der Waals surface area contributed by atoms with E-state index in [4.69, 9.17) is 0 Å². The molecular weight excluding hydrogens is 276 g/mol. The second-order valence-electron chi connectivity index (χ2n) is 4.26. The molecule has 0 unspecified atom stereocenters. The van der Waals surface area contributed by atoms with Crippen molar-refractivity contribution in [3.63, 3.8) is 0 Å². The molecule has 1 aromatic carbocycles. The van der Waals surface area contributed by atoms with E-state index in [0.717, 1.165) is 17.7 Å². The Hall–Kier alpha value is -1.59. The molecule has 2 aromatic heterocycles. The minimum Gasteiger partial charge on any atom is -0.293 e. The summed E-state index contributed by atoms with van der Waals surface area (Å²) in [6.45, 7) is 1.99. The van der Waals surface area contributed by atoms with Crippen LogP contribution in [0.2, 0.25) is 0 Å². The van der Waals surface area contributed by atoms with Gasteiger partial charge in [-0.05, 0) is 40.3 Å². The number of aryl methyl sites for hydroxylation is 1. The van der Waals surface area contributed by atoms with Gasteiger partial charge in [0, 0.05) is 11.1 Å². The molecule has 0 fully saturated rings. The van der Waals surface area contributed by atoms with Crippen LogP contribution in [-0.2, 0) is 12.8 Å². The van der Waals surface area contributed by atoms with Gasteiger partial charge in [-0.25, -0.2) is 0 Å². The smallest absolute Gasteiger partial charge is 0.180 e. The van der Waals surface area contributed by atoms with Gasteiger partial charge >= 0.3 is 0 Å². The monoisotopic (exact) mass is 288 g/mol. The molecule has 0 bridgehead atoms. The lowest BCUT2D eigenvalue weighted by molar-refractivity contribution is 0.0996. The molecular formula is C14H12N2OS2. The lowest BCUT2D eigenvalue weighted by atomic mass is 10.1. The summed E-state index contributed by atoms with van der Waals surface area (Å²) >= 11 is 2.89. The molecule has 0 aliphatic rings. The second kappa shape index (κ2) is 5.19. The van der Waals surface area contributed by atoms with Gasteiger partial charge in [0.1, 0.15) is 4.88 Å². The number of carbonyl (C=O) groups is 1. The molecule has 0 atom stereocenters. The van der Waals surface area contributed by atoms with E-state index in [1.807, 2.05) is 19.1 Å². The van der Waals surface area contributed by atoms with E-state index in [9.17, 15) is 4.79 Å². The summed E-state index contributed by atoms with van der Waals surface area (Å²) in [5.41, 5.74) is 1.91. The van der Waals surface area contributed by atoms with Crippen molar-refractivity contribution < 1.29 is 4.79 Å². The standard InChI is InChI=1S/C14H12N2OS2/c1-2-11-14(19-16-15-11)12(17)7-9-8-18-13-6-4-3-5-10(9)13/h3-6,8H,2,7H2,1H3. The van der Waals surface area contributed by atoms with Crippen molar-refractivity contribution in [1.29, 1.82) is 0 Å². The highest BCUT2D eigenvalue weighted by Gasteiger charge is 2.17. The Bertz CT molecular complexity index is 730. The highest BCUT2D eigenvalue weighted by atomic mass is 32.1. The number of hydrogen-bond donors (Lipinski definition) is 0. The first-order chi connectivity index (χ1) is 9.29. The second-order valence-corrected chi connectivity index (χ2v) is 5.92. The van der Waals surface area contributed by atoms with Crippen LogP contribution in [0.25, 0.3) is 10.1 Å². The molecule has 2 heterocycles. The third-order valence-electron chi connectivity index (χ3n) is 3.06. The molecule has 3 nitrogen and oxygen atoms in total. The van der Waals surface area contributed by atoms with Gasteiger partial charge in [-0.3, -0.25) is 4.79 Å². The first-order valence-corrected chi connectivity index (χ1v) is 7.74.